The average Bonchev–Trinajstić information content (AvgIpc) is 3.10. The van der Waals surface area contributed by atoms with Crippen molar-refractivity contribution in [2.24, 2.45) is 5.92 Å². The summed E-state index contributed by atoms with van der Waals surface area (Å²) >= 11 is 3.30. The summed E-state index contributed by atoms with van der Waals surface area (Å²) in [4.78, 5) is 28.6. The molecule has 0 aromatic heterocycles. The zero-order chi connectivity index (χ0) is 16.4. The normalized spacial score (nSPS) is 19.2. The van der Waals surface area contributed by atoms with Gasteiger partial charge in [-0.2, -0.15) is 0 Å². The predicted molar refractivity (Wildman–Crippen MR) is 88.5 cm³/mol. The lowest BCUT2D eigenvalue weighted by Crippen LogP contribution is -2.43. The minimum absolute atomic E-state index is 0.0214. The van der Waals surface area contributed by atoms with Crippen molar-refractivity contribution >= 4 is 27.7 Å². The van der Waals surface area contributed by atoms with E-state index < -0.39 is 5.82 Å². The molecule has 6 heteroatoms. The highest BCUT2D eigenvalue weighted by atomic mass is 79.9. The van der Waals surface area contributed by atoms with Crippen LogP contribution < -0.4 is 0 Å². The molecule has 124 valence electrons. The molecule has 1 aromatic carbocycles. The molecule has 0 radical (unpaired) electrons. The summed E-state index contributed by atoms with van der Waals surface area (Å²) in [5, 5.41) is 0. The van der Waals surface area contributed by atoms with E-state index in [0.29, 0.717) is 36.0 Å². The topological polar surface area (TPSA) is 40.6 Å². The Balaban J connectivity index is 1.61. The maximum atomic E-state index is 13.4. The first kappa shape index (κ1) is 16.4. The van der Waals surface area contributed by atoms with Gasteiger partial charge < -0.3 is 9.80 Å². The monoisotopic (exact) mass is 382 g/mol. The van der Waals surface area contributed by atoms with Crippen LogP contribution in [0.4, 0.5) is 4.39 Å². The van der Waals surface area contributed by atoms with Gasteiger partial charge in [0.2, 0.25) is 5.91 Å². The highest BCUT2D eigenvalue weighted by Gasteiger charge is 2.31. The van der Waals surface area contributed by atoms with Gasteiger partial charge in [0.25, 0.3) is 5.91 Å². The maximum absolute atomic E-state index is 13.4. The van der Waals surface area contributed by atoms with Crippen LogP contribution in [0.15, 0.2) is 22.7 Å². The smallest absolute Gasteiger partial charge is 0.255 e. The molecule has 0 atom stereocenters. The van der Waals surface area contributed by atoms with E-state index >= 15 is 0 Å². The van der Waals surface area contributed by atoms with Crippen molar-refractivity contribution < 1.29 is 14.0 Å². The fraction of sp³-hybridized carbons (Fsp3) is 0.529. The second-order valence-corrected chi connectivity index (χ2v) is 7.08. The number of hydrogen-bond donors (Lipinski definition) is 0. The fourth-order valence-corrected chi connectivity index (χ4v) is 3.77. The number of likely N-dealkylation sites (tertiary alicyclic amines) is 2. The molecule has 2 heterocycles. The lowest BCUT2D eigenvalue weighted by molar-refractivity contribution is -0.135. The lowest BCUT2D eigenvalue weighted by atomic mass is 9.95. The molecule has 2 aliphatic heterocycles. The summed E-state index contributed by atoms with van der Waals surface area (Å²) in [7, 11) is 0. The molecule has 1 aromatic rings. The Morgan fingerprint density at radius 3 is 2.35 bits per heavy atom. The molecule has 0 N–H and O–H groups in total. The quantitative estimate of drug-likeness (QED) is 0.788. The summed E-state index contributed by atoms with van der Waals surface area (Å²) in [5.41, 5.74) is 0.342. The van der Waals surface area contributed by atoms with Crippen LogP contribution >= 0.6 is 15.9 Å². The van der Waals surface area contributed by atoms with Gasteiger partial charge in [-0.1, -0.05) is 0 Å². The second-order valence-electron chi connectivity index (χ2n) is 6.22. The minimum Gasteiger partial charge on any atom is -0.342 e. The number of nitrogens with zero attached hydrogens (tertiary/aromatic N) is 2. The Labute approximate surface area is 143 Å². The molecule has 2 amide bonds. The van der Waals surface area contributed by atoms with Gasteiger partial charge in [-0.05, 0) is 59.8 Å². The van der Waals surface area contributed by atoms with Crippen molar-refractivity contribution in [2.45, 2.75) is 25.7 Å². The Bertz CT molecular complexity index is 609. The number of carbonyl (C=O) groups is 2. The van der Waals surface area contributed by atoms with Crippen LogP contribution in [0.5, 0.6) is 0 Å². The van der Waals surface area contributed by atoms with E-state index in [2.05, 4.69) is 15.9 Å². The molecule has 0 bridgehead atoms. The minimum atomic E-state index is -0.421. The number of hydrogen-bond acceptors (Lipinski definition) is 2. The molecule has 4 nitrogen and oxygen atoms in total. The van der Waals surface area contributed by atoms with E-state index in [0.717, 1.165) is 25.9 Å². The van der Waals surface area contributed by atoms with Crippen LogP contribution in [-0.2, 0) is 4.79 Å². The molecule has 0 aliphatic carbocycles. The van der Waals surface area contributed by atoms with Crippen molar-refractivity contribution in [3.8, 4) is 0 Å². The zero-order valence-electron chi connectivity index (χ0n) is 12.9. The molecule has 0 unspecified atom stereocenters. The highest BCUT2D eigenvalue weighted by Crippen LogP contribution is 2.25. The summed E-state index contributed by atoms with van der Waals surface area (Å²) < 4.78 is 14.0. The zero-order valence-corrected chi connectivity index (χ0v) is 14.5. The molecule has 3 rings (SSSR count). The molecular weight excluding hydrogens is 363 g/mol. The average molecular weight is 383 g/mol. The van der Waals surface area contributed by atoms with Gasteiger partial charge in [0, 0.05) is 36.6 Å². The number of amides is 2. The summed E-state index contributed by atoms with van der Waals surface area (Å²) in [6.07, 6.45) is 3.56. The van der Waals surface area contributed by atoms with Crippen molar-refractivity contribution in [1.29, 1.82) is 0 Å². The molecular formula is C17H20BrFN2O2. The van der Waals surface area contributed by atoms with Gasteiger partial charge in [-0.3, -0.25) is 9.59 Å². The molecule has 0 saturated carbocycles. The van der Waals surface area contributed by atoms with Crippen LogP contribution in [0.2, 0.25) is 0 Å². The molecule has 2 fully saturated rings. The van der Waals surface area contributed by atoms with E-state index in [4.69, 9.17) is 0 Å². The molecule has 2 aliphatic rings. The fourth-order valence-electron chi connectivity index (χ4n) is 3.36. The van der Waals surface area contributed by atoms with Crippen LogP contribution in [-0.4, -0.2) is 47.8 Å². The van der Waals surface area contributed by atoms with Crippen LogP contribution in [0.25, 0.3) is 0 Å². The second kappa shape index (κ2) is 6.99. The predicted octanol–water partition coefficient (Wildman–Crippen LogP) is 3.06. The van der Waals surface area contributed by atoms with Gasteiger partial charge in [0.1, 0.15) is 5.82 Å². The SMILES string of the molecule is O=C(c1cc(F)ccc1Br)N1CCC(C(=O)N2CCCC2)CC1. The Morgan fingerprint density at radius 2 is 1.70 bits per heavy atom. The Kier molecular flexibility index (Phi) is 4.99. The summed E-state index contributed by atoms with van der Waals surface area (Å²) in [6.45, 7) is 2.83. The van der Waals surface area contributed by atoms with Crippen LogP contribution in [0, 0.1) is 11.7 Å². The Morgan fingerprint density at radius 1 is 1.04 bits per heavy atom. The first-order valence-corrected chi connectivity index (χ1v) is 8.88. The van der Waals surface area contributed by atoms with Gasteiger partial charge in [0.15, 0.2) is 0 Å². The lowest BCUT2D eigenvalue weighted by Gasteiger charge is -2.33. The number of piperidine rings is 1. The van der Waals surface area contributed by atoms with E-state index in [1.165, 1.54) is 12.1 Å². The van der Waals surface area contributed by atoms with E-state index in [9.17, 15) is 14.0 Å². The van der Waals surface area contributed by atoms with Gasteiger partial charge in [0.05, 0.1) is 5.56 Å². The third-order valence-corrected chi connectivity index (χ3v) is 5.40. The third-order valence-electron chi connectivity index (χ3n) is 4.71. The summed E-state index contributed by atoms with van der Waals surface area (Å²) in [6, 6.07) is 4.13. The maximum Gasteiger partial charge on any atom is 0.255 e. The van der Waals surface area contributed by atoms with Gasteiger partial charge in [-0.15, -0.1) is 0 Å². The Hall–Kier alpha value is -1.43. The number of rotatable bonds is 2. The molecule has 0 spiro atoms. The summed E-state index contributed by atoms with van der Waals surface area (Å²) in [5.74, 6) is -0.339. The number of halogens is 2. The number of benzene rings is 1. The van der Waals surface area contributed by atoms with Crippen LogP contribution in [0.3, 0.4) is 0 Å². The van der Waals surface area contributed by atoms with E-state index in [1.807, 2.05) is 4.90 Å². The van der Waals surface area contributed by atoms with Crippen molar-refractivity contribution in [3.05, 3.63) is 34.1 Å². The van der Waals surface area contributed by atoms with Crippen LogP contribution in [0.1, 0.15) is 36.0 Å². The first-order valence-electron chi connectivity index (χ1n) is 8.09. The van der Waals surface area contributed by atoms with Gasteiger partial charge >= 0.3 is 0 Å². The van der Waals surface area contributed by atoms with E-state index in [1.54, 1.807) is 11.0 Å². The van der Waals surface area contributed by atoms with E-state index in [-0.39, 0.29) is 17.7 Å². The van der Waals surface area contributed by atoms with Crippen molar-refractivity contribution in [2.75, 3.05) is 26.2 Å². The molecule has 2 saturated heterocycles. The van der Waals surface area contributed by atoms with Gasteiger partial charge in [-0.25, -0.2) is 4.39 Å². The number of carbonyl (C=O) groups excluding carboxylic acids is 2. The highest BCUT2D eigenvalue weighted by molar-refractivity contribution is 9.10. The molecule has 23 heavy (non-hydrogen) atoms. The van der Waals surface area contributed by atoms with Crippen molar-refractivity contribution in [1.82, 2.24) is 9.80 Å². The first-order chi connectivity index (χ1) is 11.1. The third kappa shape index (κ3) is 3.57. The standard InChI is InChI=1S/C17H20BrFN2O2/c18-15-4-3-13(19)11-14(15)17(23)21-9-5-12(6-10-21)16(22)20-7-1-2-8-20/h3-4,11-12H,1-2,5-10H2. The largest absolute Gasteiger partial charge is 0.342 e. The van der Waals surface area contributed by atoms with Crippen molar-refractivity contribution in [3.63, 3.8) is 0 Å².